The summed E-state index contributed by atoms with van der Waals surface area (Å²) in [7, 11) is 0. The van der Waals surface area contributed by atoms with Gasteiger partial charge >= 0.3 is 0 Å². The van der Waals surface area contributed by atoms with Crippen molar-refractivity contribution in [1.29, 1.82) is 0 Å². The number of carbonyl (C=O) groups excluding carboxylic acids is 1. The third kappa shape index (κ3) is 9.87. The number of rotatable bonds is 12. The molecule has 5 heteroatoms. The van der Waals surface area contributed by atoms with E-state index in [0.29, 0.717) is 39.5 Å². The Labute approximate surface area is 117 Å². The number of hydrogen-bond acceptors (Lipinski definition) is 4. The fraction of sp³-hybridized carbons (Fsp3) is 0.929. The van der Waals surface area contributed by atoms with Crippen molar-refractivity contribution < 1.29 is 14.3 Å². The molecule has 0 radical (unpaired) electrons. The van der Waals surface area contributed by atoms with Crippen molar-refractivity contribution in [3.8, 4) is 0 Å². The van der Waals surface area contributed by atoms with Gasteiger partial charge in [-0.2, -0.15) is 0 Å². The van der Waals surface area contributed by atoms with Crippen LogP contribution in [0.15, 0.2) is 0 Å². The molecule has 0 aromatic carbocycles. The minimum absolute atomic E-state index is 0.111. The first-order valence-corrected chi connectivity index (χ1v) is 7.18. The van der Waals surface area contributed by atoms with Crippen LogP contribution in [0.2, 0.25) is 0 Å². The Morgan fingerprint density at radius 2 is 1.68 bits per heavy atom. The van der Waals surface area contributed by atoms with Crippen molar-refractivity contribution >= 4 is 5.91 Å². The van der Waals surface area contributed by atoms with Gasteiger partial charge in [-0.25, -0.2) is 0 Å². The van der Waals surface area contributed by atoms with Gasteiger partial charge in [0.2, 0.25) is 5.91 Å². The maximum atomic E-state index is 11.7. The summed E-state index contributed by atoms with van der Waals surface area (Å²) in [6.07, 6.45) is 2.56. The third-order valence-electron chi connectivity index (χ3n) is 3.11. The van der Waals surface area contributed by atoms with Crippen LogP contribution in [0.5, 0.6) is 0 Å². The van der Waals surface area contributed by atoms with E-state index >= 15 is 0 Å². The van der Waals surface area contributed by atoms with Crippen LogP contribution in [0, 0.1) is 5.41 Å². The second kappa shape index (κ2) is 11.2. The maximum Gasteiger partial charge on any atom is 0.225 e. The third-order valence-corrected chi connectivity index (χ3v) is 3.11. The van der Waals surface area contributed by atoms with Gasteiger partial charge in [0.25, 0.3) is 0 Å². The van der Waals surface area contributed by atoms with E-state index in [1.54, 1.807) is 0 Å². The quantitative estimate of drug-likeness (QED) is 0.526. The SMILES string of the molecule is CCC(C)(C)C(=O)NCCCOCCOCCCN. The molecule has 1 amide bonds. The monoisotopic (exact) mass is 274 g/mol. The highest BCUT2D eigenvalue weighted by Crippen LogP contribution is 2.19. The van der Waals surface area contributed by atoms with Crippen LogP contribution in [0.1, 0.15) is 40.0 Å². The lowest BCUT2D eigenvalue weighted by atomic mass is 9.89. The minimum atomic E-state index is -0.280. The lowest BCUT2D eigenvalue weighted by Crippen LogP contribution is -2.37. The average Bonchev–Trinajstić information content (AvgIpc) is 2.40. The highest BCUT2D eigenvalue weighted by Gasteiger charge is 2.24. The largest absolute Gasteiger partial charge is 0.379 e. The van der Waals surface area contributed by atoms with Gasteiger partial charge in [-0.05, 0) is 25.8 Å². The van der Waals surface area contributed by atoms with Gasteiger partial charge in [0, 0.05) is 25.2 Å². The Balaban J connectivity index is 3.30. The minimum Gasteiger partial charge on any atom is -0.379 e. The van der Waals surface area contributed by atoms with Gasteiger partial charge in [0.1, 0.15) is 0 Å². The van der Waals surface area contributed by atoms with Gasteiger partial charge in [0.15, 0.2) is 0 Å². The molecule has 0 heterocycles. The van der Waals surface area contributed by atoms with Crippen molar-refractivity contribution in [3.05, 3.63) is 0 Å². The first kappa shape index (κ1) is 18.4. The van der Waals surface area contributed by atoms with Gasteiger partial charge in [0.05, 0.1) is 13.2 Å². The molecule has 0 aliphatic heterocycles. The Kier molecular flexibility index (Phi) is 10.8. The van der Waals surface area contributed by atoms with Crippen molar-refractivity contribution in [2.75, 3.05) is 39.5 Å². The van der Waals surface area contributed by atoms with E-state index in [4.69, 9.17) is 15.2 Å². The lowest BCUT2D eigenvalue weighted by molar-refractivity contribution is -0.129. The number of hydrogen-bond donors (Lipinski definition) is 2. The molecule has 0 rings (SSSR count). The number of nitrogens with one attached hydrogen (secondary N) is 1. The Morgan fingerprint density at radius 1 is 1.11 bits per heavy atom. The molecule has 0 atom stereocenters. The molecule has 0 aromatic heterocycles. The second-order valence-corrected chi connectivity index (χ2v) is 5.21. The average molecular weight is 274 g/mol. The van der Waals surface area contributed by atoms with Gasteiger partial charge in [-0.1, -0.05) is 20.8 Å². The van der Waals surface area contributed by atoms with Crippen molar-refractivity contribution in [1.82, 2.24) is 5.32 Å². The molecular weight excluding hydrogens is 244 g/mol. The van der Waals surface area contributed by atoms with Gasteiger partial charge in [-0.15, -0.1) is 0 Å². The van der Waals surface area contributed by atoms with Crippen LogP contribution in [-0.2, 0) is 14.3 Å². The molecule has 0 spiro atoms. The topological polar surface area (TPSA) is 73.6 Å². The summed E-state index contributed by atoms with van der Waals surface area (Å²) in [4.78, 5) is 11.7. The van der Waals surface area contributed by atoms with Crippen LogP contribution in [-0.4, -0.2) is 45.4 Å². The summed E-state index contributed by atoms with van der Waals surface area (Å²) < 4.78 is 10.7. The first-order valence-electron chi connectivity index (χ1n) is 7.18. The Morgan fingerprint density at radius 3 is 2.21 bits per heavy atom. The van der Waals surface area contributed by atoms with E-state index in [1.165, 1.54) is 0 Å². The van der Waals surface area contributed by atoms with E-state index in [9.17, 15) is 4.79 Å². The Hall–Kier alpha value is -0.650. The van der Waals surface area contributed by atoms with Crippen molar-refractivity contribution in [2.45, 2.75) is 40.0 Å². The predicted octanol–water partition coefficient (Wildman–Crippen LogP) is 1.31. The fourth-order valence-electron chi connectivity index (χ4n) is 1.28. The van der Waals surface area contributed by atoms with Gasteiger partial charge in [-0.3, -0.25) is 4.79 Å². The summed E-state index contributed by atoms with van der Waals surface area (Å²) in [6.45, 7) is 9.80. The fourth-order valence-corrected chi connectivity index (χ4v) is 1.28. The molecular formula is C14H30N2O3. The molecule has 5 nitrogen and oxygen atoms in total. The molecule has 0 aromatic rings. The lowest BCUT2D eigenvalue weighted by Gasteiger charge is -2.21. The zero-order chi connectivity index (χ0) is 14.6. The molecule has 0 fully saturated rings. The molecule has 0 aliphatic carbocycles. The highest BCUT2D eigenvalue weighted by molar-refractivity contribution is 5.81. The number of ether oxygens (including phenoxy) is 2. The number of nitrogens with two attached hydrogens (primary N) is 1. The summed E-state index contributed by atoms with van der Waals surface area (Å²) in [5, 5.41) is 2.93. The van der Waals surface area contributed by atoms with Crippen LogP contribution in [0.4, 0.5) is 0 Å². The van der Waals surface area contributed by atoms with Crippen LogP contribution >= 0.6 is 0 Å². The summed E-state index contributed by atoms with van der Waals surface area (Å²) in [5.41, 5.74) is 5.06. The van der Waals surface area contributed by atoms with E-state index in [2.05, 4.69) is 5.32 Å². The predicted molar refractivity (Wildman–Crippen MR) is 77.0 cm³/mol. The van der Waals surface area contributed by atoms with Crippen molar-refractivity contribution in [2.24, 2.45) is 11.1 Å². The number of carbonyl (C=O) groups is 1. The van der Waals surface area contributed by atoms with E-state index in [0.717, 1.165) is 19.3 Å². The normalized spacial score (nSPS) is 11.6. The molecule has 0 bridgehead atoms. The van der Waals surface area contributed by atoms with E-state index in [1.807, 2.05) is 20.8 Å². The van der Waals surface area contributed by atoms with E-state index < -0.39 is 0 Å². The van der Waals surface area contributed by atoms with Crippen LogP contribution in [0.25, 0.3) is 0 Å². The summed E-state index contributed by atoms with van der Waals surface area (Å²) in [5.74, 6) is 0.111. The molecule has 0 saturated heterocycles. The molecule has 3 N–H and O–H groups in total. The highest BCUT2D eigenvalue weighted by atomic mass is 16.5. The zero-order valence-corrected chi connectivity index (χ0v) is 12.7. The zero-order valence-electron chi connectivity index (χ0n) is 12.7. The summed E-state index contributed by atoms with van der Waals surface area (Å²) in [6, 6.07) is 0. The smallest absolute Gasteiger partial charge is 0.225 e. The Bertz CT molecular complexity index is 233. The van der Waals surface area contributed by atoms with Crippen LogP contribution < -0.4 is 11.1 Å². The first-order chi connectivity index (χ1) is 9.04. The standard InChI is InChI=1S/C14H30N2O3/c1-4-14(2,3)13(17)16-8-6-10-19-12-11-18-9-5-7-15/h4-12,15H2,1-3H3,(H,16,17). The summed E-state index contributed by atoms with van der Waals surface area (Å²) >= 11 is 0. The molecule has 0 aliphatic rings. The van der Waals surface area contributed by atoms with Crippen molar-refractivity contribution in [3.63, 3.8) is 0 Å². The van der Waals surface area contributed by atoms with E-state index in [-0.39, 0.29) is 11.3 Å². The second-order valence-electron chi connectivity index (χ2n) is 5.21. The maximum absolute atomic E-state index is 11.7. The van der Waals surface area contributed by atoms with Gasteiger partial charge < -0.3 is 20.5 Å². The molecule has 0 saturated carbocycles. The molecule has 114 valence electrons. The molecule has 19 heavy (non-hydrogen) atoms. The molecule has 0 unspecified atom stereocenters. The van der Waals surface area contributed by atoms with Crippen LogP contribution in [0.3, 0.4) is 0 Å². The number of amides is 1.